The first-order valence-corrected chi connectivity index (χ1v) is 19.3. The first kappa shape index (κ1) is 35.6. The fourth-order valence-electron chi connectivity index (χ4n) is 7.23. The average Bonchev–Trinajstić information content (AvgIpc) is 3.98. The average molecular weight is 710 g/mol. The molecule has 0 unspecified atom stereocenters. The van der Waals surface area contributed by atoms with Gasteiger partial charge < -0.3 is 20.3 Å². The number of benzene rings is 1. The van der Waals surface area contributed by atoms with E-state index in [4.69, 9.17) is 4.74 Å². The van der Waals surface area contributed by atoms with E-state index in [9.17, 15) is 32.4 Å². The van der Waals surface area contributed by atoms with Gasteiger partial charge in [-0.15, -0.1) is 6.58 Å². The Morgan fingerprint density at radius 2 is 1.96 bits per heavy atom. The fraction of sp³-hybridized carbons (Fsp3) is 0.583. The van der Waals surface area contributed by atoms with Gasteiger partial charge in [0.1, 0.15) is 23.7 Å². The second-order valence-corrected chi connectivity index (χ2v) is 16.1. The van der Waals surface area contributed by atoms with Crippen LogP contribution in [0.5, 0.6) is 0 Å². The summed E-state index contributed by atoms with van der Waals surface area (Å²) in [4.78, 5) is 71.2. The summed E-state index contributed by atoms with van der Waals surface area (Å²) in [5.41, 5.74) is 1.52. The number of nitrogens with zero attached hydrogens (tertiary/aromatic N) is 2. The quantitative estimate of drug-likeness (QED) is 0.329. The highest BCUT2D eigenvalue weighted by Crippen LogP contribution is 2.45. The number of sulfonamides is 1. The number of carbonyl (C=O) groups is 5. The second kappa shape index (κ2) is 14.6. The molecule has 0 aromatic heterocycles. The summed E-state index contributed by atoms with van der Waals surface area (Å²) < 4.78 is 33.3. The number of ether oxygens (including phenoxy) is 1. The lowest BCUT2D eigenvalue weighted by Crippen LogP contribution is -2.58. The fourth-order valence-corrected chi connectivity index (χ4v) is 8.60. The van der Waals surface area contributed by atoms with Crippen molar-refractivity contribution < 1.29 is 37.1 Å². The lowest BCUT2D eigenvalue weighted by molar-refractivity contribution is -0.142. The Morgan fingerprint density at radius 1 is 1.16 bits per heavy atom. The van der Waals surface area contributed by atoms with E-state index in [0.717, 1.165) is 36.0 Å². The van der Waals surface area contributed by atoms with Gasteiger partial charge in [-0.3, -0.25) is 28.8 Å². The molecular weight excluding hydrogens is 662 g/mol. The van der Waals surface area contributed by atoms with Crippen LogP contribution in [0.1, 0.15) is 94.2 Å². The van der Waals surface area contributed by atoms with E-state index in [0.29, 0.717) is 45.2 Å². The van der Waals surface area contributed by atoms with Gasteiger partial charge in [0.05, 0.1) is 18.3 Å². The normalized spacial score (nSPS) is 28.5. The van der Waals surface area contributed by atoms with Gasteiger partial charge in [0.25, 0.3) is 5.91 Å². The highest BCUT2D eigenvalue weighted by molar-refractivity contribution is 7.91. The first-order chi connectivity index (χ1) is 24.0. The molecule has 0 radical (unpaired) electrons. The zero-order chi connectivity index (χ0) is 35.6. The molecule has 2 aliphatic carbocycles. The molecule has 270 valence electrons. The van der Waals surface area contributed by atoms with Gasteiger partial charge in [0, 0.05) is 25.3 Å². The van der Waals surface area contributed by atoms with Crippen molar-refractivity contribution in [2.45, 2.75) is 120 Å². The molecule has 13 nitrogen and oxygen atoms in total. The smallest absolute Gasteiger partial charge is 0.410 e. The molecule has 6 rings (SSSR count). The maximum absolute atomic E-state index is 14.2. The molecule has 3 fully saturated rings. The number of hydrogen-bond donors (Lipinski definition) is 3. The highest BCUT2D eigenvalue weighted by atomic mass is 32.2. The van der Waals surface area contributed by atoms with Crippen LogP contribution in [0, 0.1) is 5.92 Å². The van der Waals surface area contributed by atoms with Crippen molar-refractivity contribution in [1.29, 1.82) is 0 Å². The highest BCUT2D eigenvalue weighted by Gasteiger charge is 2.62. The molecular formula is C36H47N5O8S. The van der Waals surface area contributed by atoms with Crippen molar-refractivity contribution in [1.82, 2.24) is 25.2 Å². The van der Waals surface area contributed by atoms with Gasteiger partial charge in [0.2, 0.25) is 27.7 Å². The Balaban J connectivity index is 1.26. The third-order valence-electron chi connectivity index (χ3n) is 10.4. The van der Waals surface area contributed by atoms with Crippen LogP contribution in [0.4, 0.5) is 4.79 Å². The summed E-state index contributed by atoms with van der Waals surface area (Å²) >= 11 is 0. The molecule has 5 atom stereocenters. The van der Waals surface area contributed by atoms with Crippen molar-refractivity contribution in [2.75, 3.05) is 6.54 Å². The van der Waals surface area contributed by atoms with E-state index in [1.54, 1.807) is 4.90 Å². The van der Waals surface area contributed by atoms with Crippen LogP contribution in [0.3, 0.4) is 0 Å². The van der Waals surface area contributed by atoms with E-state index >= 15 is 0 Å². The second-order valence-electron chi connectivity index (χ2n) is 14.2. The van der Waals surface area contributed by atoms with Crippen LogP contribution in [-0.2, 0) is 47.0 Å². The van der Waals surface area contributed by atoms with Crippen LogP contribution in [0.25, 0.3) is 6.08 Å². The third-order valence-corrected chi connectivity index (χ3v) is 12.3. The minimum Gasteiger partial charge on any atom is -0.444 e. The molecule has 5 aliphatic rings. The van der Waals surface area contributed by atoms with E-state index in [-0.39, 0.29) is 31.7 Å². The van der Waals surface area contributed by atoms with Crippen LogP contribution < -0.4 is 15.4 Å². The molecule has 1 aromatic carbocycles. The maximum atomic E-state index is 14.2. The minimum atomic E-state index is -3.89. The molecule has 3 N–H and O–H groups in total. The Bertz CT molecular complexity index is 1690. The molecule has 4 bridgehead atoms. The van der Waals surface area contributed by atoms with Gasteiger partial charge in [-0.1, -0.05) is 56.2 Å². The number of carbonyl (C=O) groups excluding carboxylic acids is 5. The standard InChI is InChI=1S/C36H47N5O8S/c1-3-5-14-29-33(44)41-21-26(18-30(41)32(43)38-36(19-25(36)4-2)34(45)39-50(47,48)27-16-17-27)49-35(46)40-20-24-13-10-12-23(28(24)22-40)11-8-6-7-9-15-31(42)37-29/h4,8,10-13,25-27,29-30H,2-3,5-7,9,14-22H2,1H3,(H,37,42)(H,38,43)(H,39,45)/t25-,26-,29+,30+,36-/m1/s1. The Hall–Kier alpha value is -4.20. The van der Waals surface area contributed by atoms with Gasteiger partial charge in [-0.25, -0.2) is 13.2 Å². The lowest BCUT2D eigenvalue weighted by Gasteiger charge is -2.30. The Morgan fingerprint density at radius 3 is 2.68 bits per heavy atom. The number of rotatable bonds is 9. The third kappa shape index (κ3) is 7.59. The number of amides is 5. The summed E-state index contributed by atoms with van der Waals surface area (Å²) in [5, 5.41) is 5.02. The van der Waals surface area contributed by atoms with Crippen molar-refractivity contribution in [3.63, 3.8) is 0 Å². The summed E-state index contributed by atoms with van der Waals surface area (Å²) in [6.07, 6.45) is 9.46. The summed E-state index contributed by atoms with van der Waals surface area (Å²) in [5.74, 6) is -2.77. The van der Waals surface area contributed by atoms with Crippen molar-refractivity contribution >= 4 is 45.8 Å². The van der Waals surface area contributed by atoms with Gasteiger partial charge in [0.15, 0.2) is 0 Å². The molecule has 1 saturated heterocycles. The molecule has 3 aliphatic heterocycles. The molecule has 1 aromatic rings. The summed E-state index contributed by atoms with van der Waals surface area (Å²) in [6, 6.07) is 3.89. The summed E-state index contributed by atoms with van der Waals surface area (Å²) in [6.45, 7) is 6.37. The largest absolute Gasteiger partial charge is 0.444 e. The predicted molar refractivity (Wildman–Crippen MR) is 184 cm³/mol. The van der Waals surface area contributed by atoms with Crippen LogP contribution in [0.2, 0.25) is 0 Å². The van der Waals surface area contributed by atoms with Crippen molar-refractivity contribution in [3.05, 3.63) is 53.6 Å². The van der Waals surface area contributed by atoms with E-state index in [2.05, 4.69) is 28.0 Å². The Kier molecular flexibility index (Phi) is 10.4. The zero-order valence-electron chi connectivity index (χ0n) is 28.5. The van der Waals surface area contributed by atoms with E-state index in [1.165, 1.54) is 11.0 Å². The maximum Gasteiger partial charge on any atom is 0.410 e. The zero-order valence-corrected chi connectivity index (χ0v) is 29.3. The van der Waals surface area contributed by atoms with Gasteiger partial charge in [-0.05, 0) is 61.6 Å². The molecule has 50 heavy (non-hydrogen) atoms. The van der Waals surface area contributed by atoms with Crippen LogP contribution in [0.15, 0.2) is 36.9 Å². The number of hydrogen-bond acceptors (Lipinski definition) is 8. The van der Waals surface area contributed by atoms with E-state index < -0.39 is 68.7 Å². The van der Waals surface area contributed by atoms with Gasteiger partial charge in [-0.2, -0.15) is 0 Å². The molecule has 2 saturated carbocycles. The topological polar surface area (TPSA) is 171 Å². The molecule has 5 amide bonds. The Labute approximate surface area is 293 Å². The number of allylic oxidation sites excluding steroid dienone is 1. The monoisotopic (exact) mass is 709 g/mol. The number of unbranched alkanes of at least 4 members (excludes halogenated alkanes) is 1. The SMILES string of the molecule is C=C[C@@H]1C[C@]1(NC(=O)[C@@H]1C[C@@H]2CN1C(=O)[C@H](CCCC)NC(=O)CCCCC=Cc1cccc3c1CN(C3)C(=O)O2)C(=O)NS(=O)(=O)C1CC1. The minimum absolute atomic E-state index is 0.0383. The van der Waals surface area contributed by atoms with Crippen molar-refractivity contribution in [2.24, 2.45) is 5.92 Å². The molecule has 3 heterocycles. The number of fused-ring (bicyclic) bond motifs is 3. The van der Waals surface area contributed by atoms with E-state index in [1.807, 2.05) is 31.2 Å². The van der Waals surface area contributed by atoms with Gasteiger partial charge >= 0.3 is 6.09 Å². The lowest BCUT2D eigenvalue weighted by atomic mass is 10.0. The molecule has 14 heteroatoms. The van der Waals surface area contributed by atoms with Crippen LogP contribution >= 0.6 is 0 Å². The molecule has 0 spiro atoms. The number of nitrogens with one attached hydrogen (secondary N) is 3. The first-order valence-electron chi connectivity index (χ1n) is 17.8. The van der Waals surface area contributed by atoms with Crippen LogP contribution in [-0.4, -0.2) is 83.5 Å². The predicted octanol–water partition coefficient (Wildman–Crippen LogP) is 3.04. The van der Waals surface area contributed by atoms with Crippen molar-refractivity contribution in [3.8, 4) is 0 Å². The summed E-state index contributed by atoms with van der Waals surface area (Å²) in [7, 11) is -3.89.